The quantitative estimate of drug-likeness (QED) is 0.367. The summed E-state index contributed by atoms with van der Waals surface area (Å²) in [5.74, 6) is -0.499. The molecule has 0 heterocycles. The van der Waals surface area contributed by atoms with E-state index in [2.05, 4.69) is 12.2 Å². The van der Waals surface area contributed by atoms with Crippen molar-refractivity contribution >= 4 is 5.91 Å². The summed E-state index contributed by atoms with van der Waals surface area (Å²) in [5.41, 5.74) is 0. The molecule has 0 fully saturated rings. The Morgan fingerprint density at radius 1 is 1.38 bits per heavy atom. The Balaban J connectivity index is 3.22. The van der Waals surface area contributed by atoms with Gasteiger partial charge in [0.15, 0.2) is 0 Å². The van der Waals surface area contributed by atoms with Gasteiger partial charge < -0.3 is 5.32 Å². The highest BCUT2D eigenvalue weighted by Gasteiger charge is 2.06. The molecule has 0 saturated heterocycles. The van der Waals surface area contributed by atoms with Gasteiger partial charge >= 0.3 is 0 Å². The molecule has 0 unspecified atom stereocenters. The van der Waals surface area contributed by atoms with E-state index in [1.165, 1.54) is 0 Å². The molecule has 0 saturated carbocycles. The maximum absolute atomic E-state index is 10.7. The third-order valence-electron chi connectivity index (χ3n) is 1.63. The van der Waals surface area contributed by atoms with E-state index in [0.29, 0.717) is 6.54 Å². The summed E-state index contributed by atoms with van der Waals surface area (Å²) in [4.78, 5) is 20.0. The predicted molar refractivity (Wildman–Crippen MR) is 49.0 cm³/mol. The molecule has 5 nitrogen and oxygen atoms in total. The molecule has 76 valence electrons. The summed E-state index contributed by atoms with van der Waals surface area (Å²) in [6.45, 7) is 2.03. The Morgan fingerprint density at radius 3 is 2.62 bits per heavy atom. The molecule has 5 heteroatoms. The van der Waals surface area contributed by atoms with E-state index in [9.17, 15) is 14.9 Å². The summed E-state index contributed by atoms with van der Waals surface area (Å²) in [6.07, 6.45) is 4.25. The van der Waals surface area contributed by atoms with Gasteiger partial charge in [0, 0.05) is 11.5 Å². The smallest absolute Gasteiger partial charge is 0.291 e. The molecular formula is C8H16N2O3. The van der Waals surface area contributed by atoms with Crippen LogP contribution in [0.5, 0.6) is 0 Å². The van der Waals surface area contributed by atoms with Crippen molar-refractivity contribution < 1.29 is 9.72 Å². The molecule has 0 atom stereocenters. The monoisotopic (exact) mass is 188 g/mol. The molecule has 0 rings (SSSR count). The molecule has 13 heavy (non-hydrogen) atoms. The van der Waals surface area contributed by atoms with E-state index in [-0.39, 0.29) is 0 Å². The average Bonchev–Trinajstić information content (AvgIpc) is 2.02. The van der Waals surface area contributed by atoms with E-state index in [4.69, 9.17) is 0 Å². The molecular weight excluding hydrogens is 172 g/mol. The SMILES string of the molecule is CCCCCCNC(=O)C[N+](=O)[O-]. The molecule has 0 aromatic rings. The maximum atomic E-state index is 10.7. The molecule has 1 N–H and O–H groups in total. The molecule has 0 bridgehead atoms. The van der Waals surface area contributed by atoms with Gasteiger partial charge in [-0.3, -0.25) is 14.9 Å². The fraction of sp³-hybridized carbons (Fsp3) is 0.875. The number of nitrogens with zero attached hydrogens (tertiary/aromatic N) is 1. The zero-order chi connectivity index (χ0) is 10.1. The summed E-state index contributed by atoms with van der Waals surface area (Å²) in [5, 5.41) is 12.4. The van der Waals surface area contributed by atoms with Gasteiger partial charge in [-0.05, 0) is 6.42 Å². The van der Waals surface area contributed by atoms with Gasteiger partial charge in [0.2, 0.25) is 0 Å². The van der Waals surface area contributed by atoms with Crippen LogP contribution in [-0.4, -0.2) is 23.9 Å². The van der Waals surface area contributed by atoms with E-state index >= 15 is 0 Å². The normalized spacial score (nSPS) is 9.62. The number of nitro groups is 1. The Labute approximate surface area is 77.7 Å². The lowest BCUT2D eigenvalue weighted by molar-refractivity contribution is -0.467. The van der Waals surface area contributed by atoms with Crippen LogP contribution in [0.1, 0.15) is 32.6 Å². The van der Waals surface area contributed by atoms with Crippen LogP contribution in [-0.2, 0) is 4.79 Å². The van der Waals surface area contributed by atoms with Gasteiger partial charge in [0.05, 0.1) is 0 Å². The molecule has 0 aliphatic carbocycles. The number of unbranched alkanes of at least 4 members (excludes halogenated alkanes) is 3. The largest absolute Gasteiger partial charge is 0.350 e. The minimum absolute atomic E-state index is 0.499. The Hall–Kier alpha value is -1.13. The van der Waals surface area contributed by atoms with E-state index in [0.717, 1.165) is 25.7 Å². The summed E-state index contributed by atoms with van der Waals surface area (Å²) < 4.78 is 0. The maximum Gasteiger partial charge on any atom is 0.291 e. The van der Waals surface area contributed by atoms with E-state index in [1.54, 1.807) is 0 Å². The van der Waals surface area contributed by atoms with Crippen LogP contribution in [0.4, 0.5) is 0 Å². The second-order valence-corrected chi connectivity index (χ2v) is 2.90. The van der Waals surface area contributed by atoms with Crippen LogP contribution >= 0.6 is 0 Å². The topological polar surface area (TPSA) is 72.2 Å². The molecule has 0 spiro atoms. The first-order chi connectivity index (χ1) is 6.16. The average molecular weight is 188 g/mol. The second-order valence-electron chi connectivity index (χ2n) is 2.90. The molecule has 0 aliphatic heterocycles. The minimum atomic E-state index is -0.624. The molecule has 0 aliphatic rings. The van der Waals surface area contributed by atoms with Crippen molar-refractivity contribution in [2.45, 2.75) is 32.6 Å². The first-order valence-corrected chi connectivity index (χ1v) is 4.55. The van der Waals surface area contributed by atoms with E-state index < -0.39 is 17.4 Å². The van der Waals surface area contributed by atoms with E-state index in [1.807, 2.05) is 0 Å². The number of hydrogen-bond acceptors (Lipinski definition) is 3. The van der Waals surface area contributed by atoms with Crippen molar-refractivity contribution in [3.63, 3.8) is 0 Å². The van der Waals surface area contributed by atoms with Crippen molar-refractivity contribution in [1.82, 2.24) is 5.32 Å². The number of amides is 1. The van der Waals surface area contributed by atoms with Gasteiger partial charge in [-0.25, -0.2) is 0 Å². The first-order valence-electron chi connectivity index (χ1n) is 4.55. The van der Waals surface area contributed by atoms with Gasteiger partial charge in [-0.2, -0.15) is 0 Å². The Bertz CT molecular complexity index is 171. The molecule has 1 amide bonds. The number of rotatable bonds is 7. The standard InChI is InChI=1S/C8H16N2O3/c1-2-3-4-5-6-9-8(11)7-10(12)13/h2-7H2,1H3,(H,9,11). The van der Waals surface area contributed by atoms with Crippen LogP contribution in [0.3, 0.4) is 0 Å². The fourth-order valence-corrected chi connectivity index (χ4v) is 0.953. The van der Waals surface area contributed by atoms with Gasteiger partial charge in [-0.1, -0.05) is 26.2 Å². The summed E-state index contributed by atoms with van der Waals surface area (Å²) >= 11 is 0. The highest BCUT2D eigenvalue weighted by Crippen LogP contribution is 1.96. The Kier molecular flexibility index (Phi) is 6.86. The van der Waals surface area contributed by atoms with Gasteiger partial charge in [0.1, 0.15) is 0 Å². The molecule has 0 aromatic heterocycles. The zero-order valence-corrected chi connectivity index (χ0v) is 7.91. The highest BCUT2D eigenvalue weighted by atomic mass is 16.6. The fourth-order valence-electron chi connectivity index (χ4n) is 0.953. The van der Waals surface area contributed by atoms with Gasteiger partial charge in [-0.15, -0.1) is 0 Å². The summed E-state index contributed by atoms with van der Waals surface area (Å²) in [6, 6.07) is 0. The number of carbonyl (C=O) groups is 1. The Morgan fingerprint density at radius 2 is 2.08 bits per heavy atom. The van der Waals surface area contributed by atoms with Crippen molar-refractivity contribution in [3.05, 3.63) is 10.1 Å². The van der Waals surface area contributed by atoms with Crippen molar-refractivity contribution in [2.75, 3.05) is 13.1 Å². The second kappa shape index (κ2) is 7.52. The van der Waals surface area contributed by atoms with Crippen LogP contribution in [0.2, 0.25) is 0 Å². The third kappa shape index (κ3) is 8.78. The van der Waals surface area contributed by atoms with Crippen LogP contribution in [0.15, 0.2) is 0 Å². The lowest BCUT2D eigenvalue weighted by atomic mass is 10.2. The predicted octanol–water partition coefficient (Wildman–Crippen LogP) is 0.960. The van der Waals surface area contributed by atoms with Gasteiger partial charge in [0.25, 0.3) is 12.5 Å². The first kappa shape index (κ1) is 11.9. The lowest BCUT2D eigenvalue weighted by Gasteiger charge is -2.00. The number of carbonyl (C=O) groups excluding carboxylic acids is 1. The minimum Gasteiger partial charge on any atom is -0.350 e. The summed E-state index contributed by atoms with van der Waals surface area (Å²) in [7, 11) is 0. The van der Waals surface area contributed by atoms with Crippen molar-refractivity contribution in [3.8, 4) is 0 Å². The molecule has 0 radical (unpaired) electrons. The highest BCUT2D eigenvalue weighted by molar-refractivity contribution is 5.76. The van der Waals surface area contributed by atoms with Crippen LogP contribution < -0.4 is 5.32 Å². The third-order valence-corrected chi connectivity index (χ3v) is 1.63. The lowest BCUT2D eigenvalue weighted by Crippen LogP contribution is -2.30. The van der Waals surface area contributed by atoms with Crippen molar-refractivity contribution in [2.24, 2.45) is 0 Å². The van der Waals surface area contributed by atoms with Crippen molar-refractivity contribution in [1.29, 1.82) is 0 Å². The number of hydrogen-bond donors (Lipinski definition) is 1. The van der Waals surface area contributed by atoms with Crippen LogP contribution in [0.25, 0.3) is 0 Å². The van der Waals surface area contributed by atoms with Crippen LogP contribution in [0, 0.1) is 10.1 Å². The number of nitrogens with one attached hydrogen (secondary N) is 1. The zero-order valence-electron chi connectivity index (χ0n) is 7.91. The molecule has 0 aromatic carbocycles.